The SMILES string of the molecule is Cc1cccc(CSc2ncccc2C(=O)NCc2cccs2)c1. The molecule has 122 valence electrons. The zero-order valence-corrected chi connectivity index (χ0v) is 15.0. The van der Waals surface area contributed by atoms with E-state index in [1.807, 2.05) is 23.6 Å². The summed E-state index contributed by atoms with van der Waals surface area (Å²) in [6, 6.07) is 16.0. The van der Waals surface area contributed by atoms with Crippen molar-refractivity contribution in [2.24, 2.45) is 0 Å². The Morgan fingerprint density at radius 1 is 1.21 bits per heavy atom. The van der Waals surface area contributed by atoms with Crippen LogP contribution in [-0.4, -0.2) is 10.9 Å². The summed E-state index contributed by atoms with van der Waals surface area (Å²) in [4.78, 5) is 18.0. The summed E-state index contributed by atoms with van der Waals surface area (Å²) in [5.41, 5.74) is 3.10. The maximum atomic E-state index is 12.5. The zero-order chi connectivity index (χ0) is 16.8. The normalized spacial score (nSPS) is 10.5. The number of carbonyl (C=O) groups excluding carboxylic acids is 1. The highest BCUT2D eigenvalue weighted by atomic mass is 32.2. The molecule has 5 heteroatoms. The number of rotatable bonds is 6. The van der Waals surface area contributed by atoms with Gasteiger partial charge in [-0.15, -0.1) is 23.1 Å². The van der Waals surface area contributed by atoms with E-state index in [1.54, 1.807) is 35.4 Å². The maximum Gasteiger partial charge on any atom is 0.254 e. The lowest BCUT2D eigenvalue weighted by Crippen LogP contribution is -2.23. The minimum Gasteiger partial charge on any atom is -0.347 e. The first kappa shape index (κ1) is 16.7. The van der Waals surface area contributed by atoms with Gasteiger partial charge in [0.05, 0.1) is 12.1 Å². The minimum absolute atomic E-state index is 0.0803. The summed E-state index contributed by atoms with van der Waals surface area (Å²) in [6.45, 7) is 2.63. The smallest absolute Gasteiger partial charge is 0.254 e. The van der Waals surface area contributed by atoms with Gasteiger partial charge in [0.1, 0.15) is 5.03 Å². The Morgan fingerprint density at radius 3 is 2.92 bits per heavy atom. The number of aryl methyl sites for hydroxylation is 1. The first-order valence-corrected chi connectivity index (χ1v) is 9.53. The lowest BCUT2D eigenvalue weighted by molar-refractivity contribution is 0.0947. The first-order chi connectivity index (χ1) is 11.7. The quantitative estimate of drug-likeness (QED) is 0.654. The Morgan fingerprint density at radius 2 is 2.12 bits per heavy atom. The Bertz CT molecular complexity index is 816. The third-order valence-electron chi connectivity index (χ3n) is 3.48. The molecule has 0 bridgehead atoms. The van der Waals surface area contributed by atoms with Gasteiger partial charge in [-0.1, -0.05) is 35.9 Å². The molecular weight excluding hydrogens is 336 g/mol. The standard InChI is InChI=1S/C19H18N2OS2/c1-14-5-2-6-15(11-14)13-24-19-17(8-3-9-20-19)18(22)21-12-16-7-4-10-23-16/h2-11H,12-13H2,1H3,(H,21,22). The van der Waals surface area contributed by atoms with E-state index in [2.05, 4.69) is 41.5 Å². The van der Waals surface area contributed by atoms with Gasteiger partial charge in [0.25, 0.3) is 5.91 Å². The molecule has 0 saturated heterocycles. The predicted octanol–water partition coefficient (Wildman–Crippen LogP) is 4.67. The summed E-state index contributed by atoms with van der Waals surface area (Å²) in [5.74, 6) is 0.715. The van der Waals surface area contributed by atoms with E-state index in [9.17, 15) is 4.79 Å². The van der Waals surface area contributed by atoms with Gasteiger partial charge < -0.3 is 5.32 Å². The summed E-state index contributed by atoms with van der Waals surface area (Å²) < 4.78 is 0. The van der Waals surface area contributed by atoms with Crippen LogP contribution in [0.5, 0.6) is 0 Å². The highest BCUT2D eigenvalue weighted by Crippen LogP contribution is 2.24. The molecule has 1 N–H and O–H groups in total. The lowest BCUT2D eigenvalue weighted by atomic mass is 10.2. The van der Waals surface area contributed by atoms with E-state index in [0.717, 1.165) is 15.7 Å². The van der Waals surface area contributed by atoms with Crippen molar-refractivity contribution < 1.29 is 4.79 Å². The molecule has 3 rings (SSSR count). The van der Waals surface area contributed by atoms with Crippen molar-refractivity contribution in [3.05, 3.63) is 81.7 Å². The lowest BCUT2D eigenvalue weighted by Gasteiger charge is -2.09. The topological polar surface area (TPSA) is 42.0 Å². The van der Waals surface area contributed by atoms with Gasteiger partial charge in [0, 0.05) is 16.8 Å². The molecule has 0 fully saturated rings. The second kappa shape index (κ2) is 8.13. The van der Waals surface area contributed by atoms with Crippen LogP contribution >= 0.6 is 23.1 Å². The number of nitrogens with zero attached hydrogens (tertiary/aromatic N) is 1. The molecular formula is C19H18N2OS2. The van der Waals surface area contributed by atoms with E-state index in [1.165, 1.54) is 11.1 Å². The molecule has 0 aliphatic rings. The molecule has 1 amide bonds. The molecule has 2 aromatic heterocycles. The molecule has 24 heavy (non-hydrogen) atoms. The van der Waals surface area contributed by atoms with Crippen molar-refractivity contribution in [2.75, 3.05) is 0 Å². The number of nitrogens with one attached hydrogen (secondary N) is 1. The van der Waals surface area contributed by atoms with Crippen LogP contribution in [0.2, 0.25) is 0 Å². The molecule has 0 unspecified atom stereocenters. The van der Waals surface area contributed by atoms with Gasteiger partial charge in [-0.05, 0) is 36.1 Å². The Hall–Kier alpha value is -2.11. The van der Waals surface area contributed by atoms with Crippen LogP contribution in [0.25, 0.3) is 0 Å². The molecule has 0 atom stereocenters. The average Bonchev–Trinajstić information content (AvgIpc) is 3.12. The minimum atomic E-state index is -0.0803. The second-order valence-corrected chi connectivity index (χ2v) is 7.39. The highest BCUT2D eigenvalue weighted by molar-refractivity contribution is 7.98. The van der Waals surface area contributed by atoms with Crippen LogP contribution in [0.3, 0.4) is 0 Å². The molecule has 2 heterocycles. The van der Waals surface area contributed by atoms with E-state index < -0.39 is 0 Å². The third-order valence-corrected chi connectivity index (χ3v) is 5.43. The molecule has 3 nitrogen and oxygen atoms in total. The van der Waals surface area contributed by atoms with Crippen molar-refractivity contribution >= 4 is 29.0 Å². The van der Waals surface area contributed by atoms with E-state index in [-0.39, 0.29) is 5.91 Å². The number of thiophene rings is 1. The number of thioether (sulfide) groups is 1. The molecule has 0 aliphatic heterocycles. The van der Waals surface area contributed by atoms with Crippen molar-refractivity contribution in [3.8, 4) is 0 Å². The molecule has 1 aromatic carbocycles. The van der Waals surface area contributed by atoms with Crippen LogP contribution in [0.1, 0.15) is 26.4 Å². The van der Waals surface area contributed by atoms with Gasteiger partial charge in [0.2, 0.25) is 0 Å². The van der Waals surface area contributed by atoms with Gasteiger partial charge >= 0.3 is 0 Å². The van der Waals surface area contributed by atoms with Gasteiger partial charge in [-0.25, -0.2) is 4.98 Å². The number of amides is 1. The van der Waals surface area contributed by atoms with Gasteiger partial charge in [-0.3, -0.25) is 4.79 Å². The Balaban J connectivity index is 1.67. The number of hydrogen-bond donors (Lipinski definition) is 1. The van der Waals surface area contributed by atoms with Crippen LogP contribution in [0.15, 0.2) is 65.1 Å². The molecule has 0 spiro atoms. The largest absolute Gasteiger partial charge is 0.347 e. The maximum absolute atomic E-state index is 12.5. The third kappa shape index (κ3) is 4.46. The predicted molar refractivity (Wildman–Crippen MR) is 100 cm³/mol. The summed E-state index contributed by atoms with van der Waals surface area (Å²) in [5, 5.41) is 5.74. The Labute approximate surface area is 150 Å². The zero-order valence-electron chi connectivity index (χ0n) is 13.4. The van der Waals surface area contributed by atoms with E-state index in [0.29, 0.717) is 12.1 Å². The monoisotopic (exact) mass is 354 g/mol. The van der Waals surface area contributed by atoms with E-state index in [4.69, 9.17) is 0 Å². The Kier molecular flexibility index (Phi) is 5.67. The number of carbonyl (C=O) groups is 1. The first-order valence-electron chi connectivity index (χ1n) is 7.66. The second-order valence-electron chi connectivity index (χ2n) is 5.40. The summed E-state index contributed by atoms with van der Waals surface area (Å²) in [7, 11) is 0. The highest BCUT2D eigenvalue weighted by Gasteiger charge is 2.12. The van der Waals surface area contributed by atoms with Crippen molar-refractivity contribution in [1.29, 1.82) is 0 Å². The van der Waals surface area contributed by atoms with E-state index >= 15 is 0 Å². The number of hydrogen-bond acceptors (Lipinski definition) is 4. The van der Waals surface area contributed by atoms with Gasteiger partial charge in [-0.2, -0.15) is 0 Å². The van der Waals surface area contributed by atoms with Crippen molar-refractivity contribution in [2.45, 2.75) is 24.2 Å². The fraction of sp³-hybridized carbons (Fsp3) is 0.158. The van der Waals surface area contributed by atoms with Crippen LogP contribution < -0.4 is 5.32 Å². The van der Waals surface area contributed by atoms with Crippen LogP contribution in [0.4, 0.5) is 0 Å². The number of pyridine rings is 1. The van der Waals surface area contributed by atoms with Crippen molar-refractivity contribution in [1.82, 2.24) is 10.3 Å². The van der Waals surface area contributed by atoms with Crippen LogP contribution in [0, 0.1) is 6.92 Å². The number of aromatic nitrogens is 1. The number of benzene rings is 1. The fourth-order valence-electron chi connectivity index (χ4n) is 2.31. The molecule has 0 saturated carbocycles. The molecule has 0 aliphatic carbocycles. The molecule has 0 radical (unpaired) electrons. The fourth-order valence-corrected chi connectivity index (χ4v) is 3.89. The average molecular weight is 355 g/mol. The van der Waals surface area contributed by atoms with Gasteiger partial charge in [0.15, 0.2) is 0 Å². The summed E-state index contributed by atoms with van der Waals surface area (Å²) in [6.07, 6.45) is 1.73. The van der Waals surface area contributed by atoms with Crippen LogP contribution in [-0.2, 0) is 12.3 Å². The molecule has 3 aromatic rings. The summed E-state index contributed by atoms with van der Waals surface area (Å²) >= 11 is 3.23. The van der Waals surface area contributed by atoms with Crippen molar-refractivity contribution in [3.63, 3.8) is 0 Å².